The third kappa shape index (κ3) is 3.54. The standard InChI is InChI=1S/C12H21N3O/c1-5-13-7-11-9(3)14-12(8-16-6-2)15-10(11)4/h13H,5-8H2,1-4H3. The van der Waals surface area contributed by atoms with Crippen LogP contribution in [0.5, 0.6) is 0 Å². The summed E-state index contributed by atoms with van der Waals surface area (Å²) in [4.78, 5) is 8.90. The summed E-state index contributed by atoms with van der Waals surface area (Å²) in [6, 6.07) is 0. The molecule has 0 unspecified atom stereocenters. The van der Waals surface area contributed by atoms with Crippen molar-refractivity contribution in [3.63, 3.8) is 0 Å². The molecule has 1 aromatic rings. The Morgan fingerprint density at radius 3 is 2.25 bits per heavy atom. The van der Waals surface area contributed by atoms with Crippen LogP contribution in [-0.2, 0) is 17.9 Å². The van der Waals surface area contributed by atoms with Gasteiger partial charge in [0, 0.05) is 30.1 Å². The van der Waals surface area contributed by atoms with Gasteiger partial charge in [0.15, 0.2) is 5.82 Å². The zero-order chi connectivity index (χ0) is 12.0. The molecule has 16 heavy (non-hydrogen) atoms. The zero-order valence-electron chi connectivity index (χ0n) is 10.6. The van der Waals surface area contributed by atoms with E-state index in [-0.39, 0.29) is 0 Å². The maximum atomic E-state index is 5.31. The molecule has 0 aliphatic carbocycles. The lowest BCUT2D eigenvalue weighted by atomic mass is 10.1. The van der Waals surface area contributed by atoms with Gasteiger partial charge in [0.25, 0.3) is 0 Å². The normalized spacial score (nSPS) is 10.8. The van der Waals surface area contributed by atoms with Crippen molar-refractivity contribution in [2.45, 2.75) is 40.8 Å². The first kappa shape index (κ1) is 13.1. The Balaban J connectivity index is 2.80. The quantitative estimate of drug-likeness (QED) is 0.798. The van der Waals surface area contributed by atoms with Crippen molar-refractivity contribution in [2.75, 3.05) is 13.2 Å². The summed E-state index contributed by atoms with van der Waals surface area (Å²) in [6.07, 6.45) is 0. The molecule has 0 radical (unpaired) electrons. The van der Waals surface area contributed by atoms with E-state index in [1.165, 1.54) is 5.56 Å². The van der Waals surface area contributed by atoms with Crippen molar-refractivity contribution in [1.82, 2.24) is 15.3 Å². The molecule has 0 aromatic carbocycles. The molecule has 0 bridgehead atoms. The number of nitrogens with one attached hydrogen (secondary N) is 1. The van der Waals surface area contributed by atoms with Crippen molar-refractivity contribution >= 4 is 0 Å². The second-order valence-electron chi connectivity index (χ2n) is 3.71. The average Bonchev–Trinajstić information content (AvgIpc) is 2.25. The minimum absolute atomic E-state index is 0.500. The molecule has 0 saturated carbocycles. The minimum atomic E-state index is 0.500. The first-order chi connectivity index (χ1) is 7.69. The van der Waals surface area contributed by atoms with Crippen LogP contribution in [0.1, 0.15) is 36.6 Å². The van der Waals surface area contributed by atoms with E-state index in [9.17, 15) is 0 Å². The summed E-state index contributed by atoms with van der Waals surface area (Å²) in [5, 5.41) is 3.30. The predicted octanol–water partition coefficient (Wildman–Crippen LogP) is 1.74. The maximum absolute atomic E-state index is 5.31. The van der Waals surface area contributed by atoms with E-state index < -0.39 is 0 Å². The zero-order valence-corrected chi connectivity index (χ0v) is 10.6. The van der Waals surface area contributed by atoms with E-state index in [0.29, 0.717) is 13.2 Å². The van der Waals surface area contributed by atoms with Gasteiger partial charge in [0.1, 0.15) is 6.61 Å². The number of nitrogens with zero attached hydrogens (tertiary/aromatic N) is 2. The van der Waals surface area contributed by atoms with Gasteiger partial charge in [-0.05, 0) is 27.3 Å². The molecule has 0 amide bonds. The summed E-state index contributed by atoms with van der Waals surface area (Å²) >= 11 is 0. The van der Waals surface area contributed by atoms with Gasteiger partial charge in [-0.2, -0.15) is 0 Å². The molecule has 0 saturated heterocycles. The van der Waals surface area contributed by atoms with Gasteiger partial charge in [-0.15, -0.1) is 0 Å². The lowest BCUT2D eigenvalue weighted by Gasteiger charge is -2.11. The van der Waals surface area contributed by atoms with Crippen molar-refractivity contribution < 1.29 is 4.74 Å². The van der Waals surface area contributed by atoms with Gasteiger partial charge < -0.3 is 10.1 Å². The van der Waals surface area contributed by atoms with Crippen LogP contribution < -0.4 is 5.32 Å². The van der Waals surface area contributed by atoms with E-state index in [1.807, 2.05) is 20.8 Å². The highest BCUT2D eigenvalue weighted by Crippen LogP contribution is 2.10. The molecule has 1 heterocycles. The Labute approximate surface area is 97.5 Å². The Kier molecular flexibility index (Phi) is 5.35. The molecule has 0 atom stereocenters. The van der Waals surface area contributed by atoms with Gasteiger partial charge >= 0.3 is 0 Å². The fourth-order valence-electron chi connectivity index (χ4n) is 1.57. The highest BCUT2D eigenvalue weighted by molar-refractivity contribution is 5.24. The van der Waals surface area contributed by atoms with Crippen molar-refractivity contribution in [3.05, 3.63) is 22.8 Å². The Morgan fingerprint density at radius 1 is 1.12 bits per heavy atom. The monoisotopic (exact) mass is 223 g/mol. The molecular formula is C12H21N3O. The first-order valence-corrected chi connectivity index (χ1v) is 5.80. The largest absolute Gasteiger partial charge is 0.374 e. The number of ether oxygens (including phenoxy) is 1. The fourth-order valence-corrected chi connectivity index (χ4v) is 1.57. The molecule has 4 heteroatoms. The summed E-state index contributed by atoms with van der Waals surface area (Å²) in [7, 11) is 0. The smallest absolute Gasteiger partial charge is 0.154 e. The van der Waals surface area contributed by atoms with Crippen molar-refractivity contribution in [3.8, 4) is 0 Å². The first-order valence-electron chi connectivity index (χ1n) is 5.80. The molecule has 0 fully saturated rings. The summed E-state index contributed by atoms with van der Waals surface area (Å²) in [6.45, 7) is 11.1. The number of aryl methyl sites for hydroxylation is 2. The molecular weight excluding hydrogens is 202 g/mol. The number of rotatable bonds is 6. The van der Waals surface area contributed by atoms with Crippen molar-refractivity contribution in [1.29, 1.82) is 0 Å². The molecule has 1 N–H and O–H groups in total. The second-order valence-corrected chi connectivity index (χ2v) is 3.71. The van der Waals surface area contributed by atoms with E-state index in [1.54, 1.807) is 0 Å². The SMILES string of the molecule is CCNCc1c(C)nc(COCC)nc1C. The number of hydrogen-bond acceptors (Lipinski definition) is 4. The average molecular weight is 223 g/mol. The van der Waals surface area contributed by atoms with Crippen molar-refractivity contribution in [2.24, 2.45) is 0 Å². The molecule has 90 valence electrons. The molecule has 0 spiro atoms. The highest BCUT2D eigenvalue weighted by Gasteiger charge is 2.07. The Bertz CT molecular complexity index is 316. The van der Waals surface area contributed by atoms with E-state index >= 15 is 0 Å². The second kappa shape index (κ2) is 6.55. The van der Waals surface area contributed by atoms with Gasteiger partial charge in [-0.3, -0.25) is 0 Å². The van der Waals surface area contributed by atoms with Gasteiger partial charge in [0.05, 0.1) is 0 Å². The predicted molar refractivity (Wildman–Crippen MR) is 64.2 cm³/mol. The summed E-state index contributed by atoms with van der Waals surface area (Å²) in [5.74, 6) is 0.775. The van der Waals surface area contributed by atoms with Crippen LogP contribution >= 0.6 is 0 Å². The minimum Gasteiger partial charge on any atom is -0.374 e. The van der Waals surface area contributed by atoms with Crippen LogP contribution in [0.3, 0.4) is 0 Å². The van der Waals surface area contributed by atoms with Gasteiger partial charge in [0.2, 0.25) is 0 Å². The summed E-state index contributed by atoms with van der Waals surface area (Å²) in [5.41, 5.74) is 3.29. The Hall–Kier alpha value is -1.00. The molecule has 0 aliphatic rings. The topological polar surface area (TPSA) is 47.0 Å². The van der Waals surface area contributed by atoms with Crippen LogP contribution in [0.2, 0.25) is 0 Å². The van der Waals surface area contributed by atoms with Crippen LogP contribution in [0, 0.1) is 13.8 Å². The van der Waals surface area contributed by atoms with Crippen LogP contribution in [-0.4, -0.2) is 23.1 Å². The van der Waals surface area contributed by atoms with Gasteiger partial charge in [-0.25, -0.2) is 9.97 Å². The lowest BCUT2D eigenvalue weighted by molar-refractivity contribution is 0.128. The number of hydrogen-bond donors (Lipinski definition) is 1. The van der Waals surface area contributed by atoms with Crippen LogP contribution in [0.4, 0.5) is 0 Å². The van der Waals surface area contributed by atoms with Crippen LogP contribution in [0.25, 0.3) is 0 Å². The van der Waals surface area contributed by atoms with E-state index in [2.05, 4.69) is 22.2 Å². The van der Waals surface area contributed by atoms with Gasteiger partial charge in [-0.1, -0.05) is 6.92 Å². The fraction of sp³-hybridized carbons (Fsp3) is 0.667. The molecule has 0 aliphatic heterocycles. The highest BCUT2D eigenvalue weighted by atomic mass is 16.5. The molecule has 4 nitrogen and oxygen atoms in total. The molecule has 1 rings (SSSR count). The lowest BCUT2D eigenvalue weighted by Crippen LogP contribution is -2.16. The molecule has 1 aromatic heterocycles. The Morgan fingerprint density at radius 2 is 1.75 bits per heavy atom. The third-order valence-corrected chi connectivity index (χ3v) is 2.45. The van der Waals surface area contributed by atoms with E-state index in [4.69, 9.17) is 4.74 Å². The maximum Gasteiger partial charge on any atom is 0.154 e. The summed E-state index contributed by atoms with van der Waals surface area (Å²) < 4.78 is 5.31. The van der Waals surface area contributed by atoms with Crippen LogP contribution in [0.15, 0.2) is 0 Å². The van der Waals surface area contributed by atoms with E-state index in [0.717, 1.165) is 30.3 Å². The third-order valence-electron chi connectivity index (χ3n) is 2.45. The number of aromatic nitrogens is 2.